The highest BCUT2D eigenvalue weighted by atomic mass is 16.5. The summed E-state index contributed by atoms with van der Waals surface area (Å²) in [6.45, 7) is 3.16. The SMILES string of the molecule is C=C(Oc1ccccc1O)C(=O)O. The standard InChI is InChI=1S/C9H8O4/c1-6(9(11)12)13-8-5-3-2-4-7(8)10/h2-5,10H,1H2,(H,11,12). The molecular weight excluding hydrogens is 172 g/mol. The monoisotopic (exact) mass is 180 g/mol. The van der Waals surface area contributed by atoms with Crippen LogP contribution in [0, 0.1) is 0 Å². The van der Waals surface area contributed by atoms with Crippen molar-refractivity contribution in [3.8, 4) is 11.5 Å². The molecule has 4 heteroatoms. The zero-order valence-corrected chi connectivity index (χ0v) is 6.73. The first-order valence-electron chi connectivity index (χ1n) is 3.49. The number of carboxylic acids is 1. The summed E-state index contributed by atoms with van der Waals surface area (Å²) in [6.07, 6.45) is 0. The van der Waals surface area contributed by atoms with Crippen LogP contribution in [0.2, 0.25) is 0 Å². The summed E-state index contributed by atoms with van der Waals surface area (Å²) in [7, 11) is 0. The first kappa shape index (κ1) is 9.12. The normalized spacial score (nSPS) is 9.23. The van der Waals surface area contributed by atoms with Crippen LogP contribution in [0.4, 0.5) is 0 Å². The van der Waals surface area contributed by atoms with Gasteiger partial charge in [0, 0.05) is 0 Å². The summed E-state index contributed by atoms with van der Waals surface area (Å²) in [5, 5.41) is 17.6. The number of ether oxygens (including phenoxy) is 1. The number of rotatable bonds is 3. The van der Waals surface area contributed by atoms with Crippen molar-refractivity contribution in [2.75, 3.05) is 0 Å². The number of phenolic OH excluding ortho intramolecular Hbond substituents is 1. The van der Waals surface area contributed by atoms with E-state index in [9.17, 15) is 9.90 Å². The zero-order valence-electron chi connectivity index (χ0n) is 6.73. The van der Waals surface area contributed by atoms with Crippen LogP contribution in [0.1, 0.15) is 0 Å². The molecule has 0 unspecified atom stereocenters. The van der Waals surface area contributed by atoms with Gasteiger partial charge >= 0.3 is 5.97 Å². The van der Waals surface area contributed by atoms with Gasteiger partial charge in [-0.25, -0.2) is 4.79 Å². The van der Waals surface area contributed by atoms with Crippen molar-refractivity contribution in [1.29, 1.82) is 0 Å². The highest BCUT2D eigenvalue weighted by Crippen LogP contribution is 2.25. The largest absolute Gasteiger partial charge is 0.504 e. The van der Waals surface area contributed by atoms with E-state index in [2.05, 4.69) is 6.58 Å². The Kier molecular flexibility index (Phi) is 2.54. The molecule has 0 saturated heterocycles. The van der Waals surface area contributed by atoms with Gasteiger partial charge in [0.1, 0.15) is 0 Å². The smallest absolute Gasteiger partial charge is 0.371 e. The molecule has 0 bridgehead atoms. The second kappa shape index (κ2) is 3.62. The summed E-state index contributed by atoms with van der Waals surface area (Å²) < 4.78 is 4.76. The third-order valence-corrected chi connectivity index (χ3v) is 1.34. The van der Waals surface area contributed by atoms with Crippen LogP contribution < -0.4 is 4.74 Å². The van der Waals surface area contributed by atoms with Crippen LogP contribution >= 0.6 is 0 Å². The lowest BCUT2D eigenvalue weighted by Crippen LogP contribution is -2.05. The molecule has 0 aromatic heterocycles. The summed E-state index contributed by atoms with van der Waals surface area (Å²) in [6, 6.07) is 6.06. The van der Waals surface area contributed by atoms with Crippen molar-refractivity contribution in [1.82, 2.24) is 0 Å². The van der Waals surface area contributed by atoms with Crippen molar-refractivity contribution in [3.05, 3.63) is 36.6 Å². The molecule has 0 aliphatic rings. The number of para-hydroxylation sites is 2. The van der Waals surface area contributed by atoms with E-state index in [-0.39, 0.29) is 11.5 Å². The number of aliphatic carboxylic acids is 1. The molecule has 0 fully saturated rings. The maximum atomic E-state index is 10.3. The Bertz CT molecular complexity index is 343. The van der Waals surface area contributed by atoms with E-state index in [0.29, 0.717) is 0 Å². The van der Waals surface area contributed by atoms with Gasteiger partial charge in [0.05, 0.1) is 0 Å². The van der Waals surface area contributed by atoms with Crippen LogP contribution in [0.5, 0.6) is 11.5 Å². The Balaban J connectivity index is 2.81. The fourth-order valence-electron chi connectivity index (χ4n) is 0.720. The van der Waals surface area contributed by atoms with E-state index >= 15 is 0 Å². The molecular formula is C9H8O4. The number of benzene rings is 1. The fourth-order valence-corrected chi connectivity index (χ4v) is 0.720. The van der Waals surface area contributed by atoms with Crippen LogP contribution in [-0.4, -0.2) is 16.2 Å². The number of hydrogen-bond donors (Lipinski definition) is 2. The molecule has 0 saturated carbocycles. The van der Waals surface area contributed by atoms with E-state index in [1.165, 1.54) is 12.1 Å². The van der Waals surface area contributed by atoms with Crippen molar-refractivity contribution in [3.63, 3.8) is 0 Å². The molecule has 0 atom stereocenters. The number of carbonyl (C=O) groups is 1. The van der Waals surface area contributed by atoms with Crippen LogP contribution in [0.15, 0.2) is 36.6 Å². The summed E-state index contributed by atoms with van der Waals surface area (Å²) >= 11 is 0. The Hall–Kier alpha value is -1.97. The first-order chi connectivity index (χ1) is 6.11. The lowest BCUT2D eigenvalue weighted by molar-refractivity contribution is -0.135. The Morgan fingerprint density at radius 3 is 2.54 bits per heavy atom. The highest BCUT2D eigenvalue weighted by Gasteiger charge is 2.08. The lowest BCUT2D eigenvalue weighted by Gasteiger charge is -2.05. The number of carboxylic acid groups (broad SMARTS) is 1. The Morgan fingerprint density at radius 2 is 2.00 bits per heavy atom. The molecule has 0 spiro atoms. The molecule has 4 nitrogen and oxygen atoms in total. The minimum Gasteiger partial charge on any atom is -0.504 e. The van der Waals surface area contributed by atoms with E-state index in [1.807, 2.05) is 0 Å². The van der Waals surface area contributed by atoms with Gasteiger partial charge in [-0.05, 0) is 18.7 Å². The predicted molar refractivity (Wildman–Crippen MR) is 45.5 cm³/mol. The number of hydrogen-bond acceptors (Lipinski definition) is 3. The number of phenols is 1. The molecule has 13 heavy (non-hydrogen) atoms. The topological polar surface area (TPSA) is 66.8 Å². The Morgan fingerprint density at radius 1 is 1.38 bits per heavy atom. The fraction of sp³-hybridized carbons (Fsp3) is 0. The second-order valence-corrected chi connectivity index (χ2v) is 2.30. The van der Waals surface area contributed by atoms with Crippen molar-refractivity contribution in [2.45, 2.75) is 0 Å². The zero-order chi connectivity index (χ0) is 9.84. The quantitative estimate of drug-likeness (QED) is 0.544. The first-order valence-corrected chi connectivity index (χ1v) is 3.49. The minimum atomic E-state index is -1.26. The molecule has 1 rings (SSSR count). The summed E-state index contributed by atoms with van der Waals surface area (Å²) in [5.74, 6) is -1.73. The molecule has 68 valence electrons. The van der Waals surface area contributed by atoms with E-state index in [0.717, 1.165) is 0 Å². The molecule has 1 aromatic rings. The van der Waals surface area contributed by atoms with Gasteiger partial charge in [-0.3, -0.25) is 0 Å². The molecule has 0 heterocycles. The lowest BCUT2D eigenvalue weighted by atomic mass is 10.3. The van der Waals surface area contributed by atoms with E-state index < -0.39 is 11.7 Å². The van der Waals surface area contributed by atoms with Gasteiger partial charge in [-0.2, -0.15) is 0 Å². The Labute approximate surface area is 74.7 Å². The van der Waals surface area contributed by atoms with Gasteiger partial charge in [0.25, 0.3) is 0 Å². The number of aromatic hydroxyl groups is 1. The van der Waals surface area contributed by atoms with E-state index in [4.69, 9.17) is 9.84 Å². The van der Waals surface area contributed by atoms with Gasteiger partial charge in [-0.1, -0.05) is 12.1 Å². The molecule has 0 amide bonds. The maximum absolute atomic E-state index is 10.3. The molecule has 0 aliphatic heterocycles. The predicted octanol–water partition coefficient (Wildman–Crippen LogP) is 1.37. The van der Waals surface area contributed by atoms with Gasteiger partial charge in [0.15, 0.2) is 11.5 Å². The molecule has 1 aromatic carbocycles. The van der Waals surface area contributed by atoms with Gasteiger partial charge in [-0.15, -0.1) is 0 Å². The van der Waals surface area contributed by atoms with Crippen molar-refractivity contribution >= 4 is 5.97 Å². The van der Waals surface area contributed by atoms with Crippen LogP contribution in [0.25, 0.3) is 0 Å². The van der Waals surface area contributed by atoms with Gasteiger partial charge in [0.2, 0.25) is 5.76 Å². The van der Waals surface area contributed by atoms with E-state index in [1.54, 1.807) is 12.1 Å². The second-order valence-electron chi connectivity index (χ2n) is 2.30. The van der Waals surface area contributed by atoms with Crippen molar-refractivity contribution < 1.29 is 19.7 Å². The highest BCUT2D eigenvalue weighted by molar-refractivity contribution is 5.84. The average Bonchev–Trinajstić information content (AvgIpc) is 2.08. The molecule has 0 radical (unpaired) electrons. The third-order valence-electron chi connectivity index (χ3n) is 1.34. The average molecular weight is 180 g/mol. The molecule has 0 aliphatic carbocycles. The minimum absolute atomic E-state index is 0.0786. The van der Waals surface area contributed by atoms with Crippen LogP contribution in [-0.2, 0) is 4.79 Å². The molecule has 2 N–H and O–H groups in total. The van der Waals surface area contributed by atoms with Crippen molar-refractivity contribution in [2.24, 2.45) is 0 Å². The van der Waals surface area contributed by atoms with Crippen LogP contribution in [0.3, 0.4) is 0 Å². The maximum Gasteiger partial charge on any atom is 0.371 e. The summed E-state index contributed by atoms with van der Waals surface area (Å²) in [5.41, 5.74) is 0. The summed E-state index contributed by atoms with van der Waals surface area (Å²) in [4.78, 5) is 10.3. The third kappa shape index (κ3) is 2.23. The van der Waals surface area contributed by atoms with Gasteiger partial charge < -0.3 is 14.9 Å².